The lowest BCUT2D eigenvalue weighted by molar-refractivity contribution is 0.304. The van der Waals surface area contributed by atoms with Gasteiger partial charge in [-0.2, -0.15) is 0 Å². The summed E-state index contributed by atoms with van der Waals surface area (Å²) in [7, 11) is 0. The van der Waals surface area contributed by atoms with E-state index in [1.165, 1.54) is 32.1 Å². The quantitative estimate of drug-likeness (QED) is 0.613. The largest absolute Gasteiger partial charge is 0.494 e. The summed E-state index contributed by atoms with van der Waals surface area (Å²) in [5.41, 5.74) is 2.84. The Morgan fingerprint density at radius 1 is 1.00 bits per heavy atom. The molecular weight excluding hydrogens is 268 g/mol. The van der Waals surface area contributed by atoms with Crippen molar-refractivity contribution >= 4 is 11.3 Å². The highest BCUT2D eigenvalue weighted by molar-refractivity contribution is 7.12. The van der Waals surface area contributed by atoms with Gasteiger partial charge in [0.2, 0.25) is 0 Å². The second kappa shape index (κ2) is 8.69. The molecule has 0 saturated heterocycles. The summed E-state index contributed by atoms with van der Waals surface area (Å²) in [5.74, 6) is 0.937. The predicted octanol–water partition coefficient (Wildman–Crippen LogP) is 4.94. The molecule has 0 radical (unpaired) electrons. The van der Waals surface area contributed by atoms with Crippen molar-refractivity contribution in [3.63, 3.8) is 0 Å². The standard InChI is InChI=1S/C16H22N2OS/c1-2-3-4-5-6-7-12-19-15-10-8-14(9-11-15)16-18-17-13-20-16/h8-11,13H,2-7,12H2,1H3. The van der Waals surface area contributed by atoms with E-state index in [0.29, 0.717) is 0 Å². The number of hydrogen-bond acceptors (Lipinski definition) is 4. The van der Waals surface area contributed by atoms with E-state index in [-0.39, 0.29) is 0 Å². The Morgan fingerprint density at radius 2 is 1.75 bits per heavy atom. The first-order chi connectivity index (χ1) is 9.90. The van der Waals surface area contributed by atoms with Gasteiger partial charge in [-0.25, -0.2) is 0 Å². The van der Waals surface area contributed by atoms with E-state index in [4.69, 9.17) is 4.74 Å². The summed E-state index contributed by atoms with van der Waals surface area (Å²) >= 11 is 1.55. The molecule has 0 aliphatic heterocycles. The summed E-state index contributed by atoms with van der Waals surface area (Å²) in [6.45, 7) is 3.05. The first-order valence-electron chi connectivity index (χ1n) is 7.39. The van der Waals surface area contributed by atoms with E-state index < -0.39 is 0 Å². The number of rotatable bonds is 9. The van der Waals surface area contributed by atoms with Gasteiger partial charge >= 0.3 is 0 Å². The zero-order chi connectivity index (χ0) is 14.0. The number of unbranched alkanes of at least 4 members (excludes halogenated alkanes) is 5. The van der Waals surface area contributed by atoms with Crippen LogP contribution >= 0.6 is 11.3 Å². The highest BCUT2D eigenvalue weighted by atomic mass is 32.1. The van der Waals surface area contributed by atoms with E-state index in [1.54, 1.807) is 16.8 Å². The fourth-order valence-electron chi connectivity index (χ4n) is 2.06. The lowest BCUT2D eigenvalue weighted by Crippen LogP contribution is -1.97. The first kappa shape index (κ1) is 15.0. The number of nitrogens with zero attached hydrogens (tertiary/aromatic N) is 2. The van der Waals surface area contributed by atoms with Crippen LogP contribution in [0.3, 0.4) is 0 Å². The van der Waals surface area contributed by atoms with Crippen LogP contribution in [-0.4, -0.2) is 16.8 Å². The van der Waals surface area contributed by atoms with Gasteiger partial charge in [0.25, 0.3) is 0 Å². The van der Waals surface area contributed by atoms with Gasteiger partial charge in [0.15, 0.2) is 0 Å². The molecule has 0 unspecified atom stereocenters. The molecule has 0 bridgehead atoms. The van der Waals surface area contributed by atoms with Gasteiger partial charge in [0.1, 0.15) is 16.3 Å². The van der Waals surface area contributed by atoms with E-state index in [9.17, 15) is 0 Å². The molecule has 0 N–H and O–H groups in total. The molecule has 0 amide bonds. The maximum absolute atomic E-state index is 5.75. The monoisotopic (exact) mass is 290 g/mol. The Bertz CT molecular complexity index is 468. The van der Waals surface area contributed by atoms with E-state index in [2.05, 4.69) is 17.1 Å². The van der Waals surface area contributed by atoms with Crippen LogP contribution in [0.25, 0.3) is 10.6 Å². The van der Waals surface area contributed by atoms with Gasteiger partial charge in [-0.1, -0.05) is 50.4 Å². The molecule has 1 aromatic heterocycles. The molecule has 0 atom stereocenters. The summed E-state index contributed by atoms with van der Waals surface area (Å²) in [5, 5.41) is 8.86. The van der Waals surface area contributed by atoms with Gasteiger partial charge in [-0.3, -0.25) is 0 Å². The van der Waals surface area contributed by atoms with Crippen molar-refractivity contribution in [2.75, 3.05) is 6.61 Å². The van der Waals surface area contributed by atoms with Crippen LogP contribution in [0.15, 0.2) is 29.8 Å². The third-order valence-corrected chi connectivity index (χ3v) is 3.97. The molecule has 20 heavy (non-hydrogen) atoms. The van der Waals surface area contributed by atoms with Crippen molar-refractivity contribution in [3.8, 4) is 16.3 Å². The zero-order valence-corrected chi connectivity index (χ0v) is 12.9. The Kier molecular flexibility index (Phi) is 6.51. The van der Waals surface area contributed by atoms with Gasteiger partial charge in [0, 0.05) is 5.56 Å². The fraction of sp³-hybridized carbons (Fsp3) is 0.500. The summed E-state index contributed by atoms with van der Waals surface area (Å²) in [6, 6.07) is 8.09. The minimum absolute atomic E-state index is 0.810. The SMILES string of the molecule is CCCCCCCCOc1ccc(-c2nncs2)cc1. The number of ether oxygens (including phenoxy) is 1. The van der Waals surface area contributed by atoms with Crippen LogP contribution in [0.1, 0.15) is 45.4 Å². The van der Waals surface area contributed by atoms with Crippen molar-refractivity contribution in [2.45, 2.75) is 45.4 Å². The Morgan fingerprint density at radius 3 is 2.45 bits per heavy atom. The van der Waals surface area contributed by atoms with E-state index in [1.807, 2.05) is 24.3 Å². The highest BCUT2D eigenvalue weighted by Gasteiger charge is 2.01. The fourth-order valence-corrected chi connectivity index (χ4v) is 2.63. The van der Waals surface area contributed by atoms with Gasteiger partial charge < -0.3 is 4.74 Å². The summed E-state index contributed by atoms with van der Waals surface area (Å²) < 4.78 is 5.75. The molecular formula is C16H22N2OS. The molecule has 1 heterocycles. The molecule has 2 rings (SSSR count). The summed E-state index contributed by atoms with van der Waals surface area (Å²) in [4.78, 5) is 0. The molecule has 3 nitrogen and oxygen atoms in total. The smallest absolute Gasteiger partial charge is 0.147 e. The second-order valence-corrected chi connectivity index (χ2v) is 5.72. The zero-order valence-electron chi connectivity index (χ0n) is 12.0. The average molecular weight is 290 g/mol. The number of hydrogen-bond donors (Lipinski definition) is 0. The minimum Gasteiger partial charge on any atom is -0.494 e. The Balaban J connectivity index is 1.67. The van der Waals surface area contributed by atoms with Crippen LogP contribution in [0.5, 0.6) is 5.75 Å². The van der Waals surface area contributed by atoms with Crippen molar-refractivity contribution in [1.82, 2.24) is 10.2 Å². The van der Waals surface area contributed by atoms with E-state index in [0.717, 1.165) is 29.3 Å². The lowest BCUT2D eigenvalue weighted by Gasteiger charge is -2.06. The number of aromatic nitrogens is 2. The van der Waals surface area contributed by atoms with Crippen molar-refractivity contribution in [1.29, 1.82) is 0 Å². The van der Waals surface area contributed by atoms with Crippen molar-refractivity contribution in [3.05, 3.63) is 29.8 Å². The molecule has 0 spiro atoms. The van der Waals surface area contributed by atoms with Gasteiger partial charge in [-0.15, -0.1) is 10.2 Å². The molecule has 0 aliphatic rings. The molecule has 108 valence electrons. The van der Waals surface area contributed by atoms with Crippen LogP contribution < -0.4 is 4.74 Å². The maximum atomic E-state index is 5.75. The Labute approximate surface area is 125 Å². The third kappa shape index (κ3) is 4.93. The van der Waals surface area contributed by atoms with Crippen LogP contribution in [0, 0.1) is 0 Å². The molecule has 0 saturated carbocycles. The molecule has 1 aromatic carbocycles. The lowest BCUT2D eigenvalue weighted by atomic mass is 10.1. The summed E-state index contributed by atoms with van der Waals surface area (Å²) in [6.07, 6.45) is 7.75. The highest BCUT2D eigenvalue weighted by Crippen LogP contribution is 2.23. The third-order valence-electron chi connectivity index (χ3n) is 3.23. The molecule has 0 aliphatic carbocycles. The van der Waals surface area contributed by atoms with Crippen molar-refractivity contribution in [2.24, 2.45) is 0 Å². The normalized spacial score (nSPS) is 10.7. The molecule has 2 aromatic rings. The number of benzene rings is 1. The molecule has 4 heteroatoms. The van der Waals surface area contributed by atoms with Crippen LogP contribution in [0.2, 0.25) is 0 Å². The minimum atomic E-state index is 0.810. The molecule has 0 fully saturated rings. The maximum Gasteiger partial charge on any atom is 0.147 e. The topological polar surface area (TPSA) is 35.0 Å². The van der Waals surface area contributed by atoms with Gasteiger partial charge in [-0.05, 0) is 30.7 Å². The Hall–Kier alpha value is -1.42. The van der Waals surface area contributed by atoms with E-state index >= 15 is 0 Å². The van der Waals surface area contributed by atoms with Crippen molar-refractivity contribution < 1.29 is 4.74 Å². The van der Waals surface area contributed by atoms with Gasteiger partial charge in [0.05, 0.1) is 6.61 Å². The average Bonchev–Trinajstić information content (AvgIpc) is 3.01. The second-order valence-electron chi connectivity index (χ2n) is 4.88. The van der Waals surface area contributed by atoms with Crippen LogP contribution in [0.4, 0.5) is 0 Å². The predicted molar refractivity (Wildman–Crippen MR) is 84.2 cm³/mol. The first-order valence-corrected chi connectivity index (χ1v) is 8.27. The van der Waals surface area contributed by atoms with Crippen LogP contribution in [-0.2, 0) is 0 Å².